The monoisotopic (exact) mass is 183 g/mol. The number of aryl methyl sites for hydroxylation is 2. The summed E-state index contributed by atoms with van der Waals surface area (Å²) in [4.78, 5) is 10.8. The zero-order valence-electron chi connectivity index (χ0n) is 7.78. The summed E-state index contributed by atoms with van der Waals surface area (Å²) in [5.41, 5.74) is 6.45. The van der Waals surface area contributed by atoms with Crippen LogP contribution in [-0.2, 0) is 16.1 Å². The van der Waals surface area contributed by atoms with Crippen molar-refractivity contribution in [2.24, 2.45) is 0 Å². The Hall–Kier alpha value is -1.52. The maximum absolute atomic E-state index is 10.8. The summed E-state index contributed by atoms with van der Waals surface area (Å²) in [5.74, 6) is 0.261. The van der Waals surface area contributed by atoms with Crippen LogP contribution < -0.4 is 5.73 Å². The summed E-state index contributed by atoms with van der Waals surface area (Å²) in [6.07, 6.45) is 2.12. The Kier molecular flexibility index (Phi) is 2.89. The molecule has 0 atom stereocenters. The van der Waals surface area contributed by atoms with E-state index < -0.39 is 0 Å². The quantitative estimate of drug-likeness (QED) is 0.686. The van der Waals surface area contributed by atoms with E-state index in [1.54, 1.807) is 10.9 Å². The summed E-state index contributed by atoms with van der Waals surface area (Å²) in [6.45, 7) is 2.38. The lowest BCUT2D eigenvalue weighted by Crippen LogP contribution is -2.07. The van der Waals surface area contributed by atoms with Crippen molar-refractivity contribution in [3.05, 3.63) is 11.8 Å². The summed E-state index contributed by atoms with van der Waals surface area (Å²) < 4.78 is 6.14. The van der Waals surface area contributed by atoms with Crippen molar-refractivity contribution in [3.8, 4) is 0 Å². The molecule has 1 aromatic rings. The third-order valence-electron chi connectivity index (χ3n) is 1.76. The Morgan fingerprint density at radius 3 is 2.92 bits per heavy atom. The third-order valence-corrected chi connectivity index (χ3v) is 1.76. The molecule has 0 saturated carbocycles. The molecule has 0 radical (unpaired) electrons. The molecular weight excluding hydrogens is 170 g/mol. The fraction of sp³-hybridized carbons (Fsp3) is 0.500. The van der Waals surface area contributed by atoms with Crippen molar-refractivity contribution in [2.45, 2.75) is 19.9 Å². The van der Waals surface area contributed by atoms with E-state index in [2.05, 4.69) is 9.84 Å². The minimum absolute atomic E-state index is 0.244. The predicted octanol–water partition coefficient (Wildman–Crippen LogP) is 0.337. The van der Waals surface area contributed by atoms with Gasteiger partial charge in [-0.25, -0.2) is 0 Å². The lowest BCUT2D eigenvalue weighted by molar-refractivity contribution is -0.140. The van der Waals surface area contributed by atoms with Crippen LogP contribution in [0.5, 0.6) is 0 Å². The van der Waals surface area contributed by atoms with Gasteiger partial charge in [0.15, 0.2) is 0 Å². The molecule has 0 unspecified atom stereocenters. The molecule has 1 aromatic heterocycles. The number of aromatic nitrogens is 2. The standard InChI is InChI=1S/C8H13N3O2/c1-6-5-11(10-8(6)9)4-3-7(12)13-2/h5H,3-4H2,1-2H3,(H2,9,10). The zero-order valence-corrected chi connectivity index (χ0v) is 7.78. The molecule has 72 valence electrons. The number of hydrogen-bond donors (Lipinski definition) is 1. The number of nitrogen functional groups attached to an aromatic ring is 1. The minimum Gasteiger partial charge on any atom is -0.469 e. The van der Waals surface area contributed by atoms with Crippen molar-refractivity contribution in [1.29, 1.82) is 0 Å². The molecule has 5 heteroatoms. The van der Waals surface area contributed by atoms with Gasteiger partial charge in [0, 0.05) is 11.8 Å². The molecule has 0 aliphatic rings. The van der Waals surface area contributed by atoms with Crippen LogP contribution in [0.15, 0.2) is 6.20 Å². The fourth-order valence-corrected chi connectivity index (χ4v) is 0.958. The summed E-state index contributed by atoms with van der Waals surface area (Å²) in [6, 6.07) is 0. The molecule has 0 bridgehead atoms. The van der Waals surface area contributed by atoms with Crippen LogP contribution in [0, 0.1) is 6.92 Å². The number of nitrogens with two attached hydrogens (primary N) is 1. The van der Waals surface area contributed by atoms with Gasteiger partial charge in [-0.3, -0.25) is 9.48 Å². The maximum Gasteiger partial charge on any atom is 0.307 e. The Labute approximate surface area is 76.5 Å². The van der Waals surface area contributed by atoms with Crippen LogP contribution in [0.1, 0.15) is 12.0 Å². The normalized spacial score (nSPS) is 10.0. The van der Waals surface area contributed by atoms with Crippen molar-refractivity contribution in [3.63, 3.8) is 0 Å². The van der Waals surface area contributed by atoms with Gasteiger partial charge in [-0.1, -0.05) is 0 Å². The van der Waals surface area contributed by atoms with E-state index in [4.69, 9.17) is 5.73 Å². The topological polar surface area (TPSA) is 70.1 Å². The number of carbonyl (C=O) groups excluding carboxylic acids is 1. The lowest BCUT2D eigenvalue weighted by atomic mass is 10.4. The molecule has 0 aliphatic heterocycles. The number of methoxy groups -OCH3 is 1. The molecule has 5 nitrogen and oxygen atoms in total. The minimum atomic E-state index is -0.244. The van der Waals surface area contributed by atoms with Crippen molar-refractivity contribution >= 4 is 11.8 Å². The number of carbonyl (C=O) groups is 1. The Bertz CT molecular complexity index is 287. The second-order valence-electron chi connectivity index (χ2n) is 2.79. The van der Waals surface area contributed by atoms with Gasteiger partial charge in [-0.05, 0) is 6.92 Å². The van der Waals surface area contributed by atoms with Gasteiger partial charge in [-0.15, -0.1) is 0 Å². The first kappa shape index (κ1) is 9.57. The van der Waals surface area contributed by atoms with E-state index in [0.717, 1.165) is 5.56 Å². The zero-order chi connectivity index (χ0) is 9.84. The van der Waals surface area contributed by atoms with E-state index >= 15 is 0 Å². The van der Waals surface area contributed by atoms with Crippen LogP contribution in [0.2, 0.25) is 0 Å². The highest BCUT2D eigenvalue weighted by Gasteiger charge is 2.03. The van der Waals surface area contributed by atoms with Gasteiger partial charge in [0.2, 0.25) is 0 Å². The molecule has 0 spiro atoms. The predicted molar refractivity (Wildman–Crippen MR) is 48.0 cm³/mol. The van der Waals surface area contributed by atoms with Gasteiger partial charge in [-0.2, -0.15) is 5.10 Å². The molecule has 1 rings (SSSR count). The Balaban J connectivity index is 2.50. The average molecular weight is 183 g/mol. The van der Waals surface area contributed by atoms with E-state index in [0.29, 0.717) is 18.8 Å². The second-order valence-corrected chi connectivity index (χ2v) is 2.79. The van der Waals surface area contributed by atoms with E-state index in [9.17, 15) is 4.79 Å². The highest BCUT2D eigenvalue weighted by molar-refractivity contribution is 5.68. The third kappa shape index (κ3) is 2.47. The Morgan fingerprint density at radius 2 is 2.46 bits per heavy atom. The summed E-state index contributed by atoms with van der Waals surface area (Å²) in [7, 11) is 1.37. The SMILES string of the molecule is COC(=O)CCn1cc(C)c(N)n1. The van der Waals surface area contributed by atoms with Gasteiger partial charge in [0.25, 0.3) is 0 Å². The number of rotatable bonds is 3. The van der Waals surface area contributed by atoms with Crippen LogP contribution in [0.4, 0.5) is 5.82 Å². The van der Waals surface area contributed by atoms with Crippen LogP contribution in [0.3, 0.4) is 0 Å². The largest absolute Gasteiger partial charge is 0.469 e. The van der Waals surface area contributed by atoms with E-state index in [1.165, 1.54) is 7.11 Å². The maximum atomic E-state index is 10.8. The molecule has 0 aromatic carbocycles. The van der Waals surface area contributed by atoms with Gasteiger partial charge < -0.3 is 10.5 Å². The highest BCUT2D eigenvalue weighted by atomic mass is 16.5. The lowest BCUT2D eigenvalue weighted by Gasteiger charge is -1.98. The number of esters is 1. The van der Waals surface area contributed by atoms with Crippen molar-refractivity contribution in [2.75, 3.05) is 12.8 Å². The van der Waals surface area contributed by atoms with Crippen LogP contribution >= 0.6 is 0 Å². The number of ether oxygens (including phenoxy) is 1. The van der Waals surface area contributed by atoms with E-state index in [-0.39, 0.29) is 5.97 Å². The van der Waals surface area contributed by atoms with Gasteiger partial charge >= 0.3 is 5.97 Å². The number of anilines is 1. The molecule has 0 fully saturated rings. The molecular formula is C8H13N3O2. The average Bonchev–Trinajstić information content (AvgIpc) is 2.42. The molecule has 1 heterocycles. The molecule has 2 N–H and O–H groups in total. The number of hydrogen-bond acceptors (Lipinski definition) is 4. The van der Waals surface area contributed by atoms with Crippen molar-refractivity contribution < 1.29 is 9.53 Å². The van der Waals surface area contributed by atoms with Gasteiger partial charge in [0.05, 0.1) is 20.1 Å². The first-order valence-electron chi connectivity index (χ1n) is 4.00. The molecule has 13 heavy (non-hydrogen) atoms. The van der Waals surface area contributed by atoms with E-state index in [1.807, 2.05) is 6.92 Å². The molecule has 0 saturated heterocycles. The first-order valence-corrected chi connectivity index (χ1v) is 4.00. The highest BCUT2D eigenvalue weighted by Crippen LogP contribution is 2.06. The smallest absolute Gasteiger partial charge is 0.307 e. The number of nitrogens with zero attached hydrogens (tertiary/aromatic N) is 2. The van der Waals surface area contributed by atoms with Crippen LogP contribution in [-0.4, -0.2) is 22.9 Å². The van der Waals surface area contributed by atoms with Crippen molar-refractivity contribution in [1.82, 2.24) is 9.78 Å². The van der Waals surface area contributed by atoms with Crippen LogP contribution in [0.25, 0.3) is 0 Å². The van der Waals surface area contributed by atoms with Gasteiger partial charge in [0.1, 0.15) is 5.82 Å². The summed E-state index contributed by atoms with van der Waals surface area (Å²) >= 11 is 0. The first-order chi connectivity index (χ1) is 6.13. The molecule has 0 aliphatic carbocycles. The fourth-order valence-electron chi connectivity index (χ4n) is 0.958. The second kappa shape index (κ2) is 3.93. The Morgan fingerprint density at radius 1 is 1.77 bits per heavy atom. The molecule has 0 amide bonds. The summed E-state index contributed by atoms with van der Waals surface area (Å²) in [5, 5.41) is 4.00.